The Morgan fingerprint density at radius 2 is 2.19 bits per heavy atom. The number of anilines is 3. The lowest BCUT2D eigenvalue weighted by atomic mass is 9.93. The number of carbonyl (C=O) groups is 1. The van der Waals surface area contributed by atoms with Gasteiger partial charge in [-0.2, -0.15) is 0 Å². The second kappa shape index (κ2) is 7.93. The fraction of sp³-hybridized carbons (Fsp3) is 0.250. The average Bonchev–Trinajstić information content (AvgIpc) is 3.14. The first-order valence-corrected chi connectivity index (χ1v) is 10.4. The molecule has 2 atom stereocenters. The molecule has 1 unspecified atom stereocenters. The number of hydrogen-bond acceptors (Lipinski definition) is 5. The van der Waals surface area contributed by atoms with Crippen molar-refractivity contribution in [3.8, 4) is 28.8 Å². The zero-order valence-electron chi connectivity index (χ0n) is 17.7. The number of carbonyl (C=O) groups excluding carboxylic acids is 1. The van der Waals surface area contributed by atoms with E-state index < -0.39 is 5.82 Å². The van der Waals surface area contributed by atoms with Crippen molar-refractivity contribution in [2.24, 2.45) is 0 Å². The molecule has 4 heterocycles. The zero-order valence-corrected chi connectivity index (χ0v) is 17.7. The SMILES string of the molecule is COc1c(F)cccc1Nc1c2[nH]c3c1C(=O)NC[C@@H]3CC#CC(C)Nc1cnccc1-2. The third kappa shape index (κ3) is 3.32. The number of ether oxygens (including phenoxy) is 1. The lowest BCUT2D eigenvalue weighted by Gasteiger charge is -2.22. The number of fused-ring (bicyclic) bond motifs is 3. The van der Waals surface area contributed by atoms with Crippen molar-refractivity contribution < 1.29 is 13.9 Å². The minimum atomic E-state index is -0.490. The molecule has 0 aliphatic carbocycles. The third-order valence-corrected chi connectivity index (χ3v) is 5.73. The largest absolute Gasteiger partial charge is 0.492 e. The van der Waals surface area contributed by atoms with E-state index in [0.29, 0.717) is 35.6 Å². The van der Waals surface area contributed by atoms with Gasteiger partial charge in [-0.25, -0.2) is 4.39 Å². The molecular formula is C24H22FN5O2. The molecule has 2 aromatic heterocycles. The van der Waals surface area contributed by atoms with Gasteiger partial charge in [0, 0.05) is 36.3 Å². The van der Waals surface area contributed by atoms with E-state index in [0.717, 1.165) is 16.9 Å². The fourth-order valence-corrected chi connectivity index (χ4v) is 4.25. The molecule has 5 rings (SSSR count). The van der Waals surface area contributed by atoms with Crippen LogP contribution in [0.1, 0.15) is 35.3 Å². The third-order valence-electron chi connectivity index (χ3n) is 5.73. The minimum Gasteiger partial charge on any atom is -0.492 e. The Labute approximate surface area is 184 Å². The summed E-state index contributed by atoms with van der Waals surface area (Å²) in [5.74, 6) is 5.87. The normalized spacial score (nSPS) is 18.8. The van der Waals surface area contributed by atoms with E-state index in [4.69, 9.17) is 4.74 Å². The number of aromatic amines is 1. The number of methoxy groups -OCH3 is 1. The first-order valence-electron chi connectivity index (χ1n) is 10.4. The molecule has 4 N–H and O–H groups in total. The van der Waals surface area contributed by atoms with Gasteiger partial charge in [-0.1, -0.05) is 12.0 Å². The van der Waals surface area contributed by atoms with Gasteiger partial charge < -0.3 is 25.7 Å². The lowest BCUT2D eigenvalue weighted by Crippen LogP contribution is -2.35. The number of halogens is 1. The summed E-state index contributed by atoms with van der Waals surface area (Å²) in [6.45, 7) is 2.49. The number of pyridine rings is 1. The molecule has 0 radical (unpaired) electrons. The van der Waals surface area contributed by atoms with Crippen LogP contribution in [0.25, 0.3) is 11.3 Å². The summed E-state index contributed by atoms with van der Waals surface area (Å²) in [7, 11) is 1.41. The summed E-state index contributed by atoms with van der Waals surface area (Å²) in [5.41, 5.74) is 4.61. The molecule has 3 aromatic rings. The van der Waals surface area contributed by atoms with Crippen LogP contribution in [-0.2, 0) is 0 Å². The van der Waals surface area contributed by atoms with Gasteiger partial charge in [0.05, 0.1) is 47.7 Å². The van der Waals surface area contributed by atoms with E-state index in [1.807, 2.05) is 13.0 Å². The van der Waals surface area contributed by atoms with E-state index >= 15 is 0 Å². The highest BCUT2D eigenvalue weighted by Gasteiger charge is 2.33. The van der Waals surface area contributed by atoms with Gasteiger partial charge in [-0.05, 0) is 25.1 Å². The van der Waals surface area contributed by atoms with Crippen LogP contribution in [0.5, 0.6) is 5.75 Å². The van der Waals surface area contributed by atoms with Gasteiger partial charge in [0.15, 0.2) is 11.6 Å². The number of amides is 1. The van der Waals surface area contributed by atoms with Crippen molar-refractivity contribution >= 4 is 23.0 Å². The minimum absolute atomic E-state index is 0.00879. The van der Waals surface area contributed by atoms with Crippen LogP contribution in [0.4, 0.5) is 21.5 Å². The van der Waals surface area contributed by atoms with Crippen molar-refractivity contribution in [3.05, 3.63) is 53.7 Å². The van der Waals surface area contributed by atoms with Crippen LogP contribution in [0.2, 0.25) is 0 Å². The highest BCUT2D eigenvalue weighted by Crippen LogP contribution is 2.43. The Kier molecular flexibility index (Phi) is 4.94. The molecule has 0 spiro atoms. The molecular weight excluding hydrogens is 409 g/mol. The zero-order chi connectivity index (χ0) is 22.2. The van der Waals surface area contributed by atoms with E-state index in [-0.39, 0.29) is 23.6 Å². The number of rotatable bonds is 3. The van der Waals surface area contributed by atoms with Crippen LogP contribution in [-0.4, -0.2) is 35.6 Å². The summed E-state index contributed by atoms with van der Waals surface area (Å²) in [5, 5.41) is 9.64. The van der Waals surface area contributed by atoms with Gasteiger partial charge in [0.1, 0.15) is 0 Å². The molecule has 2 aliphatic heterocycles. The first kappa shape index (κ1) is 19.9. The molecule has 162 valence electrons. The molecule has 8 heteroatoms. The van der Waals surface area contributed by atoms with Crippen LogP contribution < -0.4 is 20.7 Å². The maximum atomic E-state index is 14.4. The summed E-state index contributed by atoms with van der Waals surface area (Å²) in [6, 6.07) is 6.43. The quantitative estimate of drug-likeness (QED) is 0.471. The molecule has 7 nitrogen and oxygen atoms in total. The lowest BCUT2D eigenvalue weighted by molar-refractivity contribution is 0.0941. The van der Waals surface area contributed by atoms with Crippen LogP contribution >= 0.6 is 0 Å². The maximum Gasteiger partial charge on any atom is 0.255 e. The second-order valence-electron chi connectivity index (χ2n) is 7.83. The van der Waals surface area contributed by atoms with Crippen molar-refractivity contribution in [1.29, 1.82) is 0 Å². The summed E-state index contributed by atoms with van der Waals surface area (Å²) >= 11 is 0. The predicted octanol–water partition coefficient (Wildman–Crippen LogP) is 4.00. The Morgan fingerprint density at radius 3 is 3.03 bits per heavy atom. The van der Waals surface area contributed by atoms with Gasteiger partial charge >= 0.3 is 0 Å². The number of H-pyrrole nitrogens is 1. The molecule has 1 aromatic carbocycles. The van der Waals surface area contributed by atoms with Crippen molar-refractivity contribution in [3.63, 3.8) is 0 Å². The number of nitrogens with one attached hydrogen (secondary N) is 4. The molecule has 2 aliphatic rings. The Balaban J connectivity index is 1.76. The van der Waals surface area contributed by atoms with Gasteiger partial charge in [-0.3, -0.25) is 9.78 Å². The standard InChI is InChI=1S/C24H22FN5O2/c1-13-5-3-6-14-11-27-24(31)19-20(14)30-21(15-9-10-26-12-18(15)28-13)22(19)29-17-8-4-7-16(25)23(17)32-2/h4,7-10,12-14,28-30H,6,11H2,1-2H3,(H,27,31)/t13?,14-/m0/s1. The molecule has 0 saturated heterocycles. The second-order valence-corrected chi connectivity index (χ2v) is 7.83. The van der Waals surface area contributed by atoms with Crippen LogP contribution in [0.15, 0.2) is 36.7 Å². The smallest absolute Gasteiger partial charge is 0.255 e. The van der Waals surface area contributed by atoms with Crippen molar-refractivity contribution in [2.45, 2.75) is 25.3 Å². The van der Waals surface area contributed by atoms with Crippen molar-refractivity contribution in [2.75, 3.05) is 24.3 Å². The van der Waals surface area contributed by atoms with E-state index in [2.05, 4.69) is 37.8 Å². The summed E-state index contributed by atoms with van der Waals surface area (Å²) in [4.78, 5) is 20.7. The fourth-order valence-electron chi connectivity index (χ4n) is 4.25. The highest BCUT2D eigenvalue weighted by atomic mass is 19.1. The Hall–Kier alpha value is -3.99. The highest BCUT2D eigenvalue weighted by molar-refractivity contribution is 6.07. The summed E-state index contributed by atoms with van der Waals surface area (Å²) < 4.78 is 19.6. The summed E-state index contributed by atoms with van der Waals surface area (Å²) in [6.07, 6.45) is 4.02. The van der Waals surface area contributed by atoms with Crippen LogP contribution in [0, 0.1) is 17.7 Å². The molecule has 1 amide bonds. The number of benzene rings is 1. The Morgan fingerprint density at radius 1 is 1.31 bits per heavy atom. The first-order chi connectivity index (χ1) is 15.6. The maximum absolute atomic E-state index is 14.4. The van der Waals surface area contributed by atoms with E-state index in [9.17, 15) is 9.18 Å². The topological polar surface area (TPSA) is 91.1 Å². The number of nitrogens with zero attached hydrogens (tertiary/aromatic N) is 1. The molecule has 0 fully saturated rings. The van der Waals surface area contributed by atoms with Gasteiger partial charge in [-0.15, -0.1) is 5.92 Å². The average molecular weight is 431 g/mol. The van der Waals surface area contributed by atoms with E-state index in [1.165, 1.54) is 13.2 Å². The predicted molar refractivity (Wildman–Crippen MR) is 121 cm³/mol. The monoisotopic (exact) mass is 431 g/mol. The number of hydrogen-bond donors (Lipinski definition) is 4. The number of aromatic nitrogens is 2. The van der Waals surface area contributed by atoms with Crippen molar-refractivity contribution in [1.82, 2.24) is 15.3 Å². The Bertz CT molecular complexity index is 1270. The van der Waals surface area contributed by atoms with Crippen LogP contribution in [0.3, 0.4) is 0 Å². The number of para-hydroxylation sites is 1. The molecule has 32 heavy (non-hydrogen) atoms. The van der Waals surface area contributed by atoms with Gasteiger partial charge in [0.2, 0.25) is 0 Å². The van der Waals surface area contributed by atoms with Gasteiger partial charge in [0.25, 0.3) is 5.91 Å². The molecule has 2 bridgehead atoms. The van der Waals surface area contributed by atoms with E-state index in [1.54, 1.807) is 24.5 Å². The molecule has 0 saturated carbocycles.